The molecule has 1 fully saturated rings. The topological polar surface area (TPSA) is 71.5 Å². The lowest BCUT2D eigenvalue weighted by molar-refractivity contribution is -0.126. The molecule has 178 valence electrons. The largest absolute Gasteiger partial charge is 0.479 e. The summed E-state index contributed by atoms with van der Waals surface area (Å²) < 4.78 is 19.0. The van der Waals surface area contributed by atoms with Crippen molar-refractivity contribution in [3.8, 4) is 5.88 Å². The predicted octanol–water partition coefficient (Wildman–Crippen LogP) is 3.73. The van der Waals surface area contributed by atoms with Crippen molar-refractivity contribution in [2.24, 2.45) is 0 Å². The molecule has 0 spiro atoms. The van der Waals surface area contributed by atoms with Gasteiger partial charge in [0, 0.05) is 43.7 Å². The number of ether oxygens (including phenoxy) is 1. The van der Waals surface area contributed by atoms with Crippen molar-refractivity contribution < 1.29 is 13.9 Å². The monoisotopic (exact) mass is 481 g/mol. The first-order valence-corrected chi connectivity index (χ1v) is 12.5. The summed E-state index contributed by atoms with van der Waals surface area (Å²) in [4.78, 5) is 32.6. The average Bonchev–Trinajstić information content (AvgIpc) is 3.25. The van der Waals surface area contributed by atoms with E-state index in [4.69, 9.17) is 14.7 Å². The fourth-order valence-corrected chi connectivity index (χ4v) is 6.07. The lowest BCUT2D eigenvalue weighted by Gasteiger charge is -2.35. The van der Waals surface area contributed by atoms with Crippen molar-refractivity contribution in [1.82, 2.24) is 19.9 Å². The number of aryl methyl sites for hydroxylation is 4. The van der Waals surface area contributed by atoms with Crippen molar-refractivity contribution in [1.29, 1.82) is 0 Å². The molecule has 0 bridgehead atoms. The van der Waals surface area contributed by atoms with Gasteiger partial charge < -0.3 is 14.5 Å². The Balaban J connectivity index is 1.45. The molecule has 1 aliphatic heterocycles. The number of rotatable bonds is 6. The second-order valence-electron chi connectivity index (χ2n) is 8.71. The number of amides is 1. The number of carbonyl (C=O) groups is 1. The Labute approximate surface area is 202 Å². The summed E-state index contributed by atoms with van der Waals surface area (Å²) >= 11 is 1.79. The van der Waals surface area contributed by atoms with Gasteiger partial charge >= 0.3 is 0 Å². The van der Waals surface area contributed by atoms with Crippen LogP contribution in [0.25, 0.3) is 10.2 Å². The Morgan fingerprint density at radius 2 is 2.00 bits per heavy atom. The Hall–Kier alpha value is -3.07. The maximum absolute atomic E-state index is 14.1. The van der Waals surface area contributed by atoms with Crippen LogP contribution in [0, 0.1) is 5.82 Å². The Bertz CT molecular complexity index is 1240. The number of aromatic nitrogens is 3. The molecule has 0 atom stereocenters. The van der Waals surface area contributed by atoms with Gasteiger partial charge in [0.25, 0.3) is 0 Å². The minimum atomic E-state index is -0.463. The molecule has 0 aromatic carbocycles. The first-order valence-electron chi connectivity index (χ1n) is 11.7. The molecule has 1 saturated heterocycles. The molecule has 5 rings (SSSR count). The van der Waals surface area contributed by atoms with Crippen LogP contribution < -0.4 is 9.64 Å². The molecule has 0 N–H and O–H groups in total. The van der Waals surface area contributed by atoms with Crippen LogP contribution in [0.3, 0.4) is 0 Å². The van der Waals surface area contributed by atoms with Gasteiger partial charge in [0.05, 0.1) is 12.5 Å². The normalized spacial score (nSPS) is 15.9. The second-order valence-corrected chi connectivity index (χ2v) is 9.79. The van der Waals surface area contributed by atoms with Gasteiger partial charge in [-0.05, 0) is 55.4 Å². The quantitative estimate of drug-likeness (QED) is 0.500. The van der Waals surface area contributed by atoms with E-state index in [1.165, 1.54) is 47.9 Å². The molecule has 0 unspecified atom stereocenters. The molecular weight excluding hydrogens is 453 g/mol. The molecule has 1 aliphatic carbocycles. The van der Waals surface area contributed by atoms with Crippen molar-refractivity contribution in [3.05, 3.63) is 52.6 Å². The molecule has 4 heterocycles. The van der Waals surface area contributed by atoms with E-state index in [0.717, 1.165) is 48.0 Å². The van der Waals surface area contributed by atoms with E-state index in [2.05, 4.69) is 16.5 Å². The maximum Gasteiger partial charge on any atom is 0.250 e. The van der Waals surface area contributed by atoms with Gasteiger partial charge in [-0.2, -0.15) is 0 Å². The number of carbonyl (C=O) groups excluding carboxylic acids is 1. The highest BCUT2D eigenvalue weighted by Crippen LogP contribution is 2.40. The fourth-order valence-electron chi connectivity index (χ4n) is 4.80. The standard InChI is InChI=1S/C25H28FN5O2S/c1-3-21(32)30-10-12-31(13-11-30)23-22-17-6-4-5-7-19(17)34-25(22)29-20(28-23)9-8-16-14-18(26)24(33-2)27-15-16/h3,14-15H,1,4-13H2,2H3. The third kappa shape index (κ3) is 4.36. The summed E-state index contributed by atoms with van der Waals surface area (Å²) in [7, 11) is 1.41. The Morgan fingerprint density at radius 3 is 2.74 bits per heavy atom. The van der Waals surface area contributed by atoms with Gasteiger partial charge in [-0.25, -0.2) is 19.3 Å². The summed E-state index contributed by atoms with van der Waals surface area (Å²) in [5, 5.41) is 1.18. The first-order chi connectivity index (χ1) is 16.6. The number of methoxy groups -OCH3 is 1. The van der Waals surface area contributed by atoms with Crippen LogP contribution in [0.5, 0.6) is 5.88 Å². The predicted molar refractivity (Wildman–Crippen MR) is 131 cm³/mol. The van der Waals surface area contributed by atoms with Crippen molar-refractivity contribution in [3.63, 3.8) is 0 Å². The highest BCUT2D eigenvalue weighted by Gasteiger charge is 2.27. The molecule has 3 aromatic heterocycles. The molecule has 1 amide bonds. The molecule has 34 heavy (non-hydrogen) atoms. The minimum absolute atomic E-state index is 0.00181. The zero-order chi connectivity index (χ0) is 23.7. The highest BCUT2D eigenvalue weighted by molar-refractivity contribution is 7.19. The minimum Gasteiger partial charge on any atom is -0.479 e. The Morgan fingerprint density at radius 1 is 1.21 bits per heavy atom. The number of pyridine rings is 1. The van der Waals surface area contributed by atoms with E-state index in [1.54, 1.807) is 17.5 Å². The van der Waals surface area contributed by atoms with Gasteiger partial charge in [-0.15, -0.1) is 11.3 Å². The van der Waals surface area contributed by atoms with E-state index in [9.17, 15) is 9.18 Å². The molecule has 7 nitrogen and oxygen atoms in total. The summed E-state index contributed by atoms with van der Waals surface area (Å²) in [6.07, 6.45) is 8.77. The zero-order valence-corrected chi connectivity index (χ0v) is 20.2. The van der Waals surface area contributed by atoms with Crippen LogP contribution in [0.2, 0.25) is 0 Å². The van der Waals surface area contributed by atoms with Crippen molar-refractivity contribution >= 4 is 33.3 Å². The SMILES string of the molecule is C=CC(=O)N1CCN(c2nc(CCc3cnc(OC)c(F)c3)nc3sc4c(c23)CCCC4)CC1. The Kier molecular flexibility index (Phi) is 6.45. The molecule has 2 aliphatic rings. The van der Waals surface area contributed by atoms with Crippen LogP contribution in [-0.4, -0.2) is 59.0 Å². The van der Waals surface area contributed by atoms with Crippen molar-refractivity contribution in [2.45, 2.75) is 38.5 Å². The van der Waals surface area contributed by atoms with Gasteiger partial charge in [-0.1, -0.05) is 6.58 Å². The fraction of sp³-hybridized carbons (Fsp3) is 0.440. The smallest absolute Gasteiger partial charge is 0.250 e. The van der Waals surface area contributed by atoms with E-state index in [-0.39, 0.29) is 11.8 Å². The van der Waals surface area contributed by atoms with Crippen LogP contribution in [-0.2, 0) is 30.5 Å². The van der Waals surface area contributed by atoms with Gasteiger partial charge in [0.1, 0.15) is 16.5 Å². The number of thiophene rings is 1. The van der Waals surface area contributed by atoms with Gasteiger partial charge in [0.15, 0.2) is 5.82 Å². The maximum atomic E-state index is 14.1. The number of halogens is 1. The molecule has 0 radical (unpaired) electrons. The second kappa shape index (κ2) is 9.66. The van der Waals surface area contributed by atoms with Gasteiger partial charge in [-0.3, -0.25) is 4.79 Å². The third-order valence-electron chi connectivity index (χ3n) is 6.60. The highest BCUT2D eigenvalue weighted by atomic mass is 32.1. The zero-order valence-electron chi connectivity index (χ0n) is 19.3. The number of hydrogen-bond acceptors (Lipinski definition) is 7. The summed E-state index contributed by atoms with van der Waals surface area (Å²) in [5.74, 6) is 1.24. The number of hydrogen-bond donors (Lipinski definition) is 0. The molecular formula is C25H28FN5O2S. The molecule has 3 aromatic rings. The van der Waals surface area contributed by atoms with E-state index in [0.29, 0.717) is 25.9 Å². The van der Waals surface area contributed by atoms with E-state index >= 15 is 0 Å². The first kappa shape index (κ1) is 22.7. The van der Waals surface area contributed by atoms with Crippen LogP contribution in [0.15, 0.2) is 24.9 Å². The van der Waals surface area contributed by atoms with E-state index < -0.39 is 5.82 Å². The lowest BCUT2D eigenvalue weighted by Crippen LogP contribution is -2.48. The van der Waals surface area contributed by atoms with Crippen LogP contribution in [0.4, 0.5) is 10.2 Å². The summed E-state index contributed by atoms with van der Waals surface area (Å²) in [6, 6.07) is 1.46. The number of fused-ring (bicyclic) bond motifs is 3. The third-order valence-corrected chi connectivity index (χ3v) is 7.79. The molecule has 0 saturated carbocycles. The van der Waals surface area contributed by atoms with Crippen LogP contribution in [0.1, 0.15) is 34.7 Å². The summed E-state index contributed by atoms with van der Waals surface area (Å²) in [5.41, 5.74) is 2.18. The number of anilines is 1. The summed E-state index contributed by atoms with van der Waals surface area (Å²) in [6.45, 7) is 6.35. The molecule has 9 heteroatoms. The number of piperazine rings is 1. The van der Waals surface area contributed by atoms with Gasteiger partial charge in [0.2, 0.25) is 11.8 Å². The van der Waals surface area contributed by atoms with E-state index in [1.807, 2.05) is 4.90 Å². The van der Waals surface area contributed by atoms with Crippen molar-refractivity contribution in [2.75, 3.05) is 38.2 Å². The average molecular weight is 482 g/mol. The lowest BCUT2D eigenvalue weighted by atomic mass is 9.96. The number of nitrogens with zero attached hydrogens (tertiary/aromatic N) is 5. The van der Waals surface area contributed by atoms with Crippen LogP contribution >= 0.6 is 11.3 Å².